The molecule has 1 fully saturated rings. The van der Waals surface area contributed by atoms with E-state index in [0.29, 0.717) is 4.99 Å². The van der Waals surface area contributed by atoms with Crippen LogP contribution in [0.1, 0.15) is 37.7 Å². The minimum atomic E-state index is 0.424. The number of para-hydroxylation sites is 1. The highest BCUT2D eigenvalue weighted by molar-refractivity contribution is 7.80. The van der Waals surface area contributed by atoms with Gasteiger partial charge in [0.25, 0.3) is 0 Å². The zero-order valence-corrected chi connectivity index (χ0v) is 13.0. The van der Waals surface area contributed by atoms with Gasteiger partial charge >= 0.3 is 0 Å². The van der Waals surface area contributed by atoms with Crippen LogP contribution in [0.4, 0.5) is 5.82 Å². The SMILES string of the molecule is NC(=S)c1cc(NCCC2CCCC2)nc2ccccc12. The Balaban J connectivity index is 1.76. The number of thiocarbonyl (C=S) groups is 1. The van der Waals surface area contributed by atoms with Gasteiger partial charge in [-0.25, -0.2) is 4.98 Å². The van der Waals surface area contributed by atoms with E-state index in [4.69, 9.17) is 18.0 Å². The van der Waals surface area contributed by atoms with Gasteiger partial charge in [0.2, 0.25) is 0 Å². The quantitative estimate of drug-likeness (QED) is 0.823. The highest BCUT2D eigenvalue weighted by Crippen LogP contribution is 2.27. The molecule has 3 nitrogen and oxygen atoms in total. The molecular weight excluding hydrogens is 278 g/mol. The average molecular weight is 299 g/mol. The number of nitrogens with one attached hydrogen (secondary N) is 1. The lowest BCUT2D eigenvalue weighted by Gasteiger charge is -2.12. The van der Waals surface area contributed by atoms with Gasteiger partial charge in [-0.1, -0.05) is 56.1 Å². The average Bonchev–Trinajstić information content (AvgIpc) is 2.99. The summed E-state index contributed by atoms with van der Waals surface area (Å²) >= 11 is 5.17. The number of hydrogen-bond donors (Lipinski definition) is 2. The molecule has 0 amide bonds. The summed E-state index contributed by atoms with van der Waals surface area (Å²) in [7, 11) is 0. The Labute approximate surface area is 130 Å². The van der Waals surface area contributed by atoms with E-state index in [1.54, 1.807) is 0 Å². The molecule has 0 bridgehead atoms. The Kier molecular flexibility index (Phi) is 4.34. The van der Waals surface area contributed by atoms with Crippen molar-refractivity contribution in [3.8, 4) is 0 Å². The van der Waals surface area contributed by atoms with Gasteiger partial charge in [0.1, 0.15) is 10.8 Å². The van der Waals surface area contributed by atoms with Crippen molar-refractivity contribution in [2.75, 3.05) is 11.9 Å². The molecular formula is C17H21N3S. The highest BCUT2D eigenvalue weighted by atomic mass is 32.1. The summed E-state index contributed by atoms with van der Waals surface area (Å²) in [4.78, 5) is 5.08. The van der Waals surface area contributed by atoms with Crippen LogP contribution in [0.5, 0.6) is 0 Å². The van der Waals surface area contributed by atoms with E-state index < -0.39 is 0 Å². The molecule has 0 atom stereocenters. The van der Waals surface area contributed by atoms with Gasteiger partial charge in [-0.2, -0.15) is 0 Å². The smallest absolute Gasteiger partial charge is 0.127 e. The first-order chi connectivity index (χ1) is 10.2. The Hall–Kier alpha value is -1.68. The van der Waals surface area contributed by atoms with Crippen molar-refractivity contribution in [3.63, 3.8) is 0 Å². The molecule has 3 N–H and O–H groups in total. The van der Waals surface area contributed by atoms with E-state index in [1.165, 1.54) is 32.1 Å². The number of aromatic nitrogens is 1. The summed E-state index contributed by atoms with van der Waals surface area (Å²) in [5, 5.41) is 4.45. The topological polar surface area (TPSA) is 50.9 Å². The molecule has 21 heavy (non-hydrogen) atoms. The van der Waals surface area contributed by atoms with Crippen molar-refractivity contribution in [2.45, 2.75) is 32.1 Å². The minimum Gasteiger partial charge on any atom is -0.389 e. The minimum absolute atomic E-state index is 0.424. The summed E-state index contributed by atoms with van der Waals surface area (Å²) in [6.45, 7) is 0.965. The lowest BCUT2D eigenvalue weighted by molar-refractivity contribution is 0.518. The largest absolute Gasteiger partial charge is 0.389 e. The van der Waals surface area contributed by atoms with Crippen LogP contribution in [0.25, 0.3) is 10.9 Å². The Morgan fingerprint density at radius 3 is 2.81 bits per heavy atom. The molecule has 0 radical (unpaired) electrons. The molecule has 3 rings (SSSR count). The summed E-state index contributed by atoms with van der Waals surface area (Å²) in [6, 6.07) is 9.96. The second-order valence-electron chi connectivity index (χ2n) is 5.80. The number of benzene rings is 1. The van der Waals surface area contributed by atoms with Gasteiger partial charge in [0.05, 0.1) is 5.52 Å². The van der Waals surface area contributed by atoms with Crippen molar-refractivity contribution in [3.05, 3.63) is 35.9 Å². The molecule has 4 heteroatoms. The molecule has 0 unspecified atom stereocenters. The van der Waals surface area contributed by atoms with Gasteiger partial charge in [0.15, 0.2) is 0 Å². The van der Waals surface area contributed by atoms with Crippen LogP contribution in [0.15, 0.2) is 30.3 Å². The van der Waals surface area contributed by atoms with Crippen LogP contribution in [0.2, 0.25) is 0 Å². The van der Waals surface area contributed by atoms with Gasteiger partial charge in [-0.05, 0) is 24.5 Å². The van der Waals surface area contributed by atoms with E-state index >= 15 is 0 Å². The first kappa shape index (κ1) is 14.3. The third kappa shape index (κ3) is 3.32. The van der Waals surface area contributed by atoms with Gasteiger partial charge in [0, 0.05) is 17.5 Å². The van der Waals surface area contributed by atoms with E-state index in [9.17, 15) is 0 Å². The molecule has 1 aliphatic rings. The van der Waals surface area contributed by atoms with Crippen LogP contribution in [-0.2, 0) is 0 Å². The Morgan fingerprint density at radius 1 is 1.29 bits per heavy atom. The number of hydrogen-bond acceptors (Lipinski definition) is 3. The summed E-state index contributed by atoms with van der Waals surface area (Å²) in [5.74, 6) is 1.75. The maximum atomic E-state index is 5.85. The molecule has 2 aromatic rings. The predicted octanol–water partition coefficient (Wildman–Crippen LogP) is 3.86. The number of anilines is 1. The second kappa shape index (κ2) is 6.39. The summed E-state index contributed by atoms with van der Waals surface area (Å²) in [6.07, 6.45) is 6.77. The van der Waals surface area contributed by atoms with Gasteiger partial charge in [-0.3, -0.25) is 0 Å². The number of nitrogens with zero attached hydrogens (tertiary/aromatic N) is 1. The van der Waals surface area contributed by atoms with Crippen molar-refractivity contribution >= 4 is 33.9 Å². The Morgan fingerprint density at radius 2 is 2.05 bits per heavy atom. The van der Waals surface area contributed by atoms with E-state index in [0.717, 1.165) is 34.7 Å². The molecule has 1 aliphatic carbocycles. The van der Waals surface area contributed by atoms with E-state index in [2.05, 4.69) is 10.3 Å². The molecule has 1 aromatic carbocycles. The van der Waals surface area contributed by atoms with Crippen molar-refractivity contribution in [1.29, 1.82) is 0 Å². The highest BCUT2D eigenvalue weighted by Gasteiger charge is 2.14. The molecule has 1 aromatic heterocycles. The maximum absolute atomic E-state index is 5.85. The lowest BCUT2D eigenvalue weighted by Crippen LogP contribution is -2.13. The first-order valence-electron chi connectivity index (χ1n) is 7.67. The zero-order chi connectivity index (χ0) is 14.7. The monoisotopic (exact) mass is 299 g/mol. The van der Waals surface area contributed by atoms with Crippen molar-refractivity contribution in [1.82, 2.24) is 4.98 Å². The number of rotatable bonds is 5. The fourth-order valence-electron chi connectivity index (χ4n) is 3.17. The standard InChI is InChI=1S/C17H21N3S/c18-17(21)14-11-16(19-10-9-12-5-1-2-6-12)20-15-8-4-3-7-13(14)15/h3-4,7-8,11-12H,1-2,5-6,9-10H2,(H2,18,21)(H,19,20). The van der Waals surface area contributed by atoms with Gasteiger partial charge in [-0.15, -0.1) is 0 Å². The maximum Gasteiger partial charge on any atom is 0.127 e. The van der Waals surface area contributed by atoms with Crippen LogP contribution in [0, 0.1) is 5.92 Å². The zero-order valence-electron chi connectivity index (χ0n) is 12.1. The predicted molar refractivity (Wildman–Crippen MR) is 92.7 cm³/mol. The molecule has 110 valence electrons. The lowest BCUT2D eigenvalue weighted by atomic mass is 10.0. The molecule has 1 saturated carbocycles. The summed E-state index contributed by atoms with van der Waals surface area (Å²) < 4.78 is 0. The molecule has 1 heterocycles. The van der Waals surface area contributed by atoms with Gasteiger partial charge < -0.3 is 11.1 Å². The molecule has 0 aliphatic heterocycles. The number of nitrogens with two attached hydrogens (primary N) is 1. The van der Waals surface area contributed by atoms with Crippen molar-refractivity contribution in [2.24, 2.45) is 11.7 Å². The van der Waals surface area contributed by atoms with E-state index in [-0.39, 0.29) is 0 Å². The van der Waals surface area contributed by atoms with Crippen LogP contribution < -0.4 is 11.1 Å². The first-order valence-corrected chi connectivity index (χ1v) is 8.08. The fourth-order valence-corrected chi connectivity index (χ4v) is 3.34. The number of pyridine rings is 1. The number of fused-ring (bicyclic) bond motifs is 1. The Bertz CT molecular complexity index is 648. The summed E-state index contributed by atoms with van der Waals surface area (Å²) in [5.41, 5.74) is 7.69. The molecule has 0 spiro atoms. The second-order valence-corrected chi connectivity index (χ2v) is 6.24. The third-order valence-corrected chi connectivity index (χ3v) is 4.54. The van der Waals surface area contributed by atoms with Crippen LogP contribution in [0.3, 0.4) is 0 Å². The van der Waals surface area contributed by atoms with E-state index in [1.807, 2.05) is 30.3 Å². The van der Waals surface area contributed by atoms with Crippen LogP contribution >= 0.6 is 12.2 Å². The molecule has 0 saturated heterocycles. The van der Waals surface area contributed by atoms with Crippen LogP contribution in [-0.4, -0.2) is 16.5 Å². The fraction of sp³-hybridized carbons (Fsp3) is 0.412. The normalized spacial score (nSPS) is 15.4. The third-order valence-electron chi connectivity index (χ3n) is 4.32. The van der Waals surface area contributed by atoms with Crippen molar-refractivity contribution < 1.29 is 0 Å².